The van der Waals surface area contributed by atoms with Crippen LogP contribution in [0.3, 0.4) is 0 Å². The zero-order valence-corrected chi connectivity index (χ0v) is 14.8. The minimum absolute atomic E-state index is 0.325. The Morgan fingerprint density at radius 3 is 2.13 bits per heavy atom. The molecule has 0 bridgehead atoms. The van der Waals surface area contributed by atoms with Gasteiger partial charge in [-0.05, 0) is 61.4 Å². The summed E-state index contributed by atoms with van der Waals surface area (Å²) < 4.78 is 19.6. The van der Waals surface area contributed by atoms with E-state index in [1.165, 1.54) is 0 Å². The van der Waals surface area contributed by atoms with E-state index in [4.69, 9.17) is 28.9 Å². The Balaban J connectivity index is 2.59. The van der Waals surface area contributed by atoms with Crippen molar-refractivity contribution in [2.45, 2.75) is 18.7 Å². The summed E-state index contributed by atoms with van der Waals surface area (Å²) in [5, 5.41) is 1.10. The Morgan fingerprint density at radius 1 is 1.13 bits per heavy atom. The molecule has 2 rings (SSSR count). The van der Waals surface area contributed by atoms with E-state index in [0.29, 0.717) is 20.6 Å². The number of urea groups is 1. The topological polar surface area (TPSA) is 84.6 Å². The molecule has 0 aliphatic carbocycles. The number of amides is 2. The molecule has 0 radical (unpaired) electrons. The zero-order chi connectivity index (χ0) is 17.2. The van der Waals surface area contributed by atoms with Crippen LogP contribution in [0.1, 0.15) is 11.1 Å². The minimum Gasteiger partial charge on any atom is -0.349 e. The highest BCUT2D eigenvalue weighted by molar-refractivity contribution is 7.95. The highest BCUT2D eigenvalue weighted by Crippen LogP contribution is 2.27. The van der Waals surface area contributed by atoms with Gasteiger partial charge in [0.1, 0.15) is 0 Å². The molecule has 0 spiro atoms. The van der Waals surface area contributed by atoms with Gasteiger partial charge in [-0.25, -0.2) is 9.00 Å². The Morgan fingerprint density at radius 2 is 1.65 bits per heavy atom. The molecule has 3 N–H and O–H groups in total. The molecule has 0 fully saturated rings. The van der Waals surface area contributed by atoms with Gasteiger partial charge in [-0.3, -0.25) is 4.72 Å². The van der Waals surface area contributed by atoms with Crippen molar-refractivity contribution >= 4 is 44.8 Å². The molecule has 0 heterocycles. The number of nitrogens with zero attached hydrogens (tertiary/aromatic N) is 1. The van der Waals surface area contributed by atoms with E-state index in [9.17, 15) is 9.00 Å². The van der Waals surface area contributed by atoms with E-state index in [1.54, 1.807) is 50.2 Å². The molecule has 0 aliphatic rings. The summed E-state index contributed by atoms with van der Waals surface area (Å²) in [7, 11) is -3.30. The summed E-state index contributed by atoms with van der Waals surface area (Å²) in [4.78, 5) is 11.6. The monoisotopic (exact) mass is 371 g/mol. The van der Waals surface area contributed by atoms with Crippen LogP contribution in [0, 0.1) is 13.8 Å². The lowest BCUT2D eigenvalue weighted by atomic mass is 10.2. The summed E-state index contributed by atoms with van der Waals surface area (Å²) >= 11 is 12.0. The number of hydrogen-bond acceptors (Lipinski definition) is 2. The smallest absolute Gasteiger partial charge is 0.348 e. The van der Waals surface area contributed by atoms with Gasteiger partial charge in [0.15, 0.2) is 9.92 Å². The molecule has 1 unspecified atom stereocenters. The first-order chi connectivity index (χ1) is 10.7. The number of hydrogen-bond donors (Lipinski definition) is 2. The average Bonchev–Trinajstić information content (AvgIpc) is 2.46. The van der Waals surface area contributed by atoms with Gasteiger partial charge in [-0.15, -0.1) is 4.36 Å². The summed E-state index contributed by atoms with van der Waals surface area (Å²) in [6.45, 7) is 3.57. The number of carbonyl (C=O) groups is 1. The minimum atomic E-state index is -3.30. The molecule has 2 amide bonds. The normalized spacial score (nSPS) is 13.2. The predicted octanol–water partition coefficient (Wildman–Crippen LogP) is 4.54. The summed E-state index contributed by atoms with van der Waals surface area (Å²) in [5.41, 5.74) is 7.08. The van der Waals surface area contributed by atoms with Gasteiger partial charge >= 0.3 is 6.03 Å². The lowest BCUT2D eigenvalue weighted by Crippen LogP contribution is -2.18. The van der Waals surface area contributed by atoms with Gasteiger partial charge in [0, 0.05) is 15.7 Å². The second-order valence-electron chi connectivity index (χ2n) is 4.94. The quantitative estimate of drug-likeness (QED) is 0.829. The fraction of sp³-hybridized carbons (Fsp3) is 0.133. The maximum absolute atomic E-state index is 13.2. The average molecular weight is 372 g/mol. The Bertz CT molecular complexity index is 850. The number of anilines is 1. The fourth-order valence-electron chi connectivity index (χ4n) is 2.00. The number of benzene rings is 2. The van der Waals surface area contributed by atoms with E-state index in [2.05, 4.69) is 9.08 Å². The van der Waals surface area contributed by atoms with Crippen LogP contribution in [0.25, 0.3) is 0 Å². The van der Waals surface area contributed by atoms with Crippen molar-refractivity contribution in [2.75, 3.05) is 4.72 Å². The van der Waals surface area contributed by atoms with Gasteiger partial charge < -0.3 is 5.73 Å². The number of halogens is 2. The summed E-state index contributed by atoms with van der Waals surface area (Å²) in [5.74, 6) is 0. The first-order valence-electron chi connectivity index (χ1n) is 6.58. The van der Waals surface area contributed by atoms with Gasteiger partial charge in [0.05, 0.1) is 4.90 Å². The molecule has 5 nitrogen and oxygen atoms in total. The van der Waals surface area contributed by atoms with Crippen LogP contribution >= 0.6 is 23.2 Å². The van der Waals surface area contributed by atoms with Gasteiger partial charge in [-0.1, -0.05) is 23.2 Å². The third-order valence-electron chi connectivity index (χ3n) is 3.05. The van der Waals surface area contributed by atoms with Crippen LogP contribution in [0.4, 0.5) is 10.5 Å². The molecule has 122 valence electrons. The highest BCUT2D eigenvalue weighted by atomic mass is 35.5. The largest absolute Gasteiger partial charge is 0.349 e. The van der Waals surface area contributed by atoms with Crippen LogP contribution in [-0.4, -0.2) is 10.2 Å². The van der Waals surface area contributed by atoms with Crippen molar-refractivity contribution in [3.05, 3.63) is 57.6 Å². The SMILES string of the molecule is Cc1cc(S(=O)(=NC(N)=O)Nc2ccc(Cl)cc2)cc(C)c1Cl. The Kier molecular flexibility index (Phi) is 5.19. The van der Waals surface area contributed by atoms with E-state index in [-0.39, 0.29) is 0 Å². The van der Waals surface area contributed by atoms with Crippen molar-refractivity contribution in [3.8, 4) is 0 Å². The number of carbonyl (C=O) groups excluding carboxylic acids is 1. The van der Waals surface area contributed by atoms with E-state index in [1.807, 2.05) is 0 Å². The van der Waals surface area contributed by atoms with Crippen molar-refractivity contribution in [2.24, 2.45) is 10.1 Å². The first kappa shape index (κ1) is 17.6. The molecular weight excluding hydrogens is 357 g/mol. The van der Waals surface area contributed by atoms with E-state index < -0.39 is 15.9 Å². The fourth-order valence-corrected chi connectivity index (χ4v) is 3.89. The number of primary amides is 1. The third kappa shape index (κ3) is 4.16. The van der Waals surface area contributed by atoms with Crippen molar-refractivity contribution < 1.29 is 9.00 Å². The maximum atomic E-state index is 13.2. The predicted molar refractivity (Wildman–Crippen MR) is 94.4 cm³/mol. The maximum Gasteiger partial charge on any atom is 0.348 e. The number of nitrogens with two attached hydrogens (primary N) is 1. The zero-order valence-electron chi connectivity index (χ0n) is 12.5. The Hall–Kier alpha value is -1.76. The molecule has 0 aliphatic heterocycles. The summed E-state index contributed by atoms with van der Waals surface area (Å²) in [6.07, 6.45) is 0. The number of rotatable bonds is 3. The van der Waals surface area contributed by atoms with Gasteiger partial charge in [-0.2, -0.15) is 0 Å². The molecule has 2 aromatic carbocycles. The number of nitrogens with one attached hydrogen (secondary N) is 1. The standard InChI is InChI=1S/C15H15Cl2N3O2S/c1-9-7-13(8-10(2)14(9)17)23(22,20-15(18)21)19-12-5-3-11(16)4-6-12/h3-8H,1-2H3,(H3,18,19,20,21,22). The van der Waals surface area contributed by atoms with E-state index >= 15 is 0 Å². The van der Waals surface area contributed by atoms with Crippen LogP contribution < -0.4 is 10.5 Å². The molecule has 1 atom stereocenters. The molecule has 2 aromatic rings. The second-order valence-corrected chi connectivity index (χ2v) is 7.66. The van der Waals surface area contributed by atoms with Crippen LogP contribution in [0.5, 0.6) is 0 Å². The van der Waals surface area contributed by atoms with Crippen LogP contribution in [0.15, 0.2) is 45.7 Å². The Labute approximate surface area is 145 Å². The second kappa shape index (κ2) is 6.78. The third-order valence-corrected chi connectivity index (χ3v) is 5.72. The molecule has 0 saturated carbocycles. The lowest BCUT2D eigenvalue weighted by Gasteiger charge is -2.15. The summed E-state index contributed by atoms with van der Waals surface area (Å²) in [6, 6.07) is 8.74. The first-order valence-corrected chi connectivity index (χ1v) is 8.85. The van der Waals surface area contributed by atoms with Gasteiger partial charge in [0.25, 0.3) is 0 Å². The van der Waals surface area contributed by atoms with E-state index in [0.717, 1.165) is 11.1 Å². The highest BCUT2D eigenvalue weighted by Gasteiger charge is 2.17. The van der Waals surface area contributed by atoms with Gasteiger partial charge in [0.2, 0.25) is 0 Å². The molecule has 0 saturated heterocycles. The molecule has 23 heavy (non-hydrogen) atoms. The molecule has 0 aromatic heterocycles. The lowest BCUT2D eigenvalue weighted by molar-refractivity contribution is 0.257. The number of aryl methyl sites for hydroxylation is 2. The molecular formula is C15H15Cl2N3O2S. The van der Waals surface area contributed by atoms with Crippen molar-refractivity contribution in [3.63, 3.8) is 0 Å². The van der Waals surface area contributed by atoms with Crippen LogP contribution in [-0.2, 0) is 9.92 Å². The van der Waals surface area contributed by atoms with Crippen molar-refractivity contribution in [1.29, 1.82) is 0 Å². The molecule has 8 heteroatoms. The van der Waals surface area contributed by atoms with Crippen molar-refractivity contribution in [1.82, 2.24) is 0 Å². The van der Waals surface area contributed by atoms with Crippen LogP contribution in [0.2, 0.25) is 10.0 Å².